The minimum atomic E-state index is 0.436. The Morgan fingerprint density at radius 3 is 2.82 bits per heavy atom. The summed E-state index contributed by atoms with van der Waals surface area (Å²) in [4.78, 5) is 0. The lowest BCUT2D eigenvalue weighted by atomic mass is 9.90. The molecule has 2 heteroatoms. The van der Waals surface area contributed by atoms with E-state index in [2.05, 4.69) is 66.3 Å². The molecule has 0 radical (unpaired) electrons. The summed E-state index contributed by atoms with van der Waals surface area (Å²) in [6, 6.07) is 9.42. The van der Waals surface area contributed by atoms with Crippen LogP contribution < -0.4 is 5.32 Å². The van der Waals surface area contributed by atoms with E-state index in [1.165, 1.54) is 22.9 Å². The maximum atomic E-state index is 3.58. The molecule has 1 nitrogen and oxygen atoms in total. The highest BCUT2D eigenvalue weighted by atomic mass is 79.9. The number of halogens is 1. The van der Waals surface area contributed by atoms with Crippen LogP contribution in [0.15, 0.2) is 28.7 Å². The molecule has 94 valence electrons. The van der Waals surface area contributed by atoms with Gasteiger partial charge in [-0.3, -0.25) is 0 Å². The highest BCUT2D eigenvalue weighted by Gasteiger charge is 2.53. The van der Waals surface area contributed by atoms with Crippen molar-refractivity contribution >= 4 is 15.9 Å². The predicted molar refractivity (Wildman–Crippen MR) is 77.4 cm³/mol. The number of benzene rings is 1. The monoisotopic (exact) mass is 295 g/mol. The molecular formula is C15H22BrN. The number of nitrogens with one attached hydrogen (secondary N) is 1. The molecule has 1 saturated carbocycles. The van der Waals surface area contributed by atoms with E-state index in [0.29, 0.717) is 11.5 Å². The highest BCUT2D eigenvalue weighted by molar-refractivity contribution is 9.10. The normalized spacial score (nSPS) is 27.5. The summed E-state index contributed by atoms with van der Waals surface area (Å²) in [6.45, 7) is 7.90. The summed E-state index contributed by atoms with van der Waals surface area (Å²) < 4.78 is 1.20. The zero-order valence-corrected chi connectivity index (χ0v) is 12.5. The largest absolute Gasteiger partial charge is 0.314 e. The van der Waals surface area contributed by atoms with Crippen LogP contribution in [0.3, 0.4) is 0 Å². The average Bonchev–Trinajstić information content (AvgIpc) is 3.01. The van der Waals surface area contributed by atoms with Gasteiger partial charge in [-0.25, -0.2) is 0 Å². The molecule has 1 aliphatic carbocycles. The van der Waals surface area contributed by atoms with E-state index in [4.69, 9.17) is 0 Å². The SMILES string of the molecule is CCC1(c2cccc(Br)c2)CC1CNC(C)C. The van der Waals surface area contributed by atoms with E-state index in [9.17, 15) is 0 Å². The fraction of sp³-hybridized carbons (Fsp3) is 0.600. The second-order valence-corrected chi connectivity index (χ2v) is 6.40. The van der Waals surface area contributed by atoms with Gasteiger partial charge in [-0.2, -0.15) is 0 Å². The quantitative estimate of drug-likeness (QED) is 0.862. The van der Waals surface area contributed by atoms with Crippen molar-refractivity contribution in [2.24, 2.45) is 5.92 Å². The van der Waals surface area contributed by atoms with Crippen LogP contribution in [0.25, 0.3) is 0 Å². The molecule has 1 N–H and O–H groups in total. The van der Waals surface area contributed by atoms with Crippen LogP contribution in [0.5, 0.6) is 0 Å². The van der Waals surface area contributed by atoms with Crippen LogP contribution in [0.2, 0.25) is 0 Å². The summed E-state index contributed by atoms with van der Waals surface area (Å²) in [5.74, 6) is 0.809. The molecular weight excluding hydrogens is 274 g/mol. The van der Waals surface area contributed by atoms with Crippen molar-refractivity contribution in [3.63, 3.8) is 0 Å². The molecule has 2 atom stereocenters. The van der Waals surface area contributed by atoms with Gasteiger partial charge in [0, 0.05) is 10.5 Å². The third-order valence-electron chi connectivity index (χ3n) is 4.03. The fourth-order valence-corrected chi connectivity index (χ4v) is 3.21. The first-order valence-corrected chi connectivity index (χ1v) is 7.37. The summed E-state index contributed by atoms with van der Waals surface area (Å²) in [5, 5.41) is 3.57. The molecule has 0 saturated heterocycles. The van der Waals surface area contributed by atoms with Crippen LogP contribution in [-0.2, 0) is 5.41 Å². The van der Waals surface area contributed by atoms with E-state index in [-0.39, 0.29) is 0 Å². The van der Waals surface area contributed by atoms with Crippen molar-refractivity contribution in [1.82, 2.24) is 5.32 Å². The zero-order valence-electron chi connectivity index (χ0n) is 11.0. The van der Waals surface area contributed by atoms with Gasteiger partial charge in [-0.1, -0.05) is 48.8 Å². The van der Waals surface area contributed by atoms with Crippen molar-refractivity contribution in [3.05, 3.63) is 34.3 Å². The Hall–Kier alpha value is -0.340. The Morgan fingerprint density at radius 2 is 2.24 bits per heavy atom. The van der Waals surface area contributed by atoms with Crippen LogP contribution in [0.4, 0.5) is 0 Å². The molecule has 17 heavy (non-hydrogen) atoms. The molecule has 1 fully saturated rings. The standard InChI is InChI=1S/C15H22BrN/c1-4-15(9-13(15)10-17-11(2)3)12-6-5-7-14(16)8-12/h5-8,11,13,17H,4,9-10H2,1-3H3. The lowest BCUT2D eigenvalue weighted by molar-refractivity contribution is 0.506. The van der Waals surface area contributed by atoms with Gasteiger partial charge in [0.1, 0.15) is 0 Å². The van der Waals surface area contributed by atoms with Crippen LogP contribution in [0.1, 0.15) is 39.2 Å². The summed E-state index contributed by atoms with van der Waals surface area (Å²) in [7, 11) is 0. The Bertz CT molecular complexity index is 388. The fourth-order valence-electron chi connectivity index (χ4n) is 2.82. The number of hydrogen-bond donors (Lipinski definition) is 1. The van der Waals surface area contributed by atoms with Crippen molar-refractivity contribution in [3.8, 4) is 0 Å². The molecule has 1 aromatic rings. The molecule has 2 rings (SSSR count). The molecule has 0 heterocycles. The van der Waals surface area contributed by atoms with Crippen molar-refractivity contribution in [1.29, 1.82) is 0 Å². The van der Waals surface area contributed by atoms with Gasteiger partial charge < -0.3 is 5.32 Å². The van der Waals surface area contributed by atoms with E-state index >= 15 is 0 Å². The molecule has 1 aromatic carbocycles. The van der Waals surface area contributed by atoms with Gasteiger partial charge in [-0.05, 0) is 48.4 Å². The van der Waals surface area contributed by atoms with E-state index in [0.717, 1.165) is 12.5 Å². The third-order valence-corrected chi connectivity index (χ3v) is 4.53. The minimum Gasteiger partial charge on any atom is -0.314 e. The van der Waals surface area contributed by atoms with Crippen LogP contribution >= 0.6 is 15.9 Å². The van der Waals surface area contributed by atoms with E-state index < -0.39 is 0 Å². The maximum absolute atomic E-state index is 3.58. The average molecular weight is 296 g/mol. The van der Waals surface area contributed by atoms with Crippen molar-refractivity contribution < 1.29 is 0 Å². The Balaban J connectivity index is 2.08. The summed E-state index contributed by atoms with van der Waals surface area (Å²) in [5.41, 5.74) is 1.94. The molecule has 0 aromatic heterocycles. The maximum Gasteiger partial charge on any atom is 0.0178 e. The first kappa shape index (κ1) is 13.1. The topological polar surface area (TPSA) is 12.0 Å². The van der Waals surface area contributed by atoms with Gasteiger partial charge in [0.25, 0.3) is 0 Å². The van der Waals surface area contributed by atoms with Gasteiger partial charge in [0.2, 0.25) is 0 Å². The van der Waals surface area contributed by atoms with Gasteiger partial charge in [-0.15, -0.1) is 0 Å². The number of hydrogen-bond acceptors (Lipinski definition) is 1. The number of rotatable bonds is 5. The smallest absolute Gasteiger partial charge is 0.0178 e. The third kappa shape index (κ3) is 2.74. The van der Waals surface area contributed by atoms with Crippen molar-refractivity contribution in [2.45, 2.75) is 45.1 Å². The molecule has 0 bridgehead atoms. The first-order valence-electron chi connectivity index (χ1n) is 6.58. The molecule has 1 aliphatic rings. The minimum absolute atomic E-state index is 0.436. The second-order valence-electron chi connectivity index (χ2n) is 5.48. The Morgan fingerprint density at radius 1 is 1.47 bits per heavy atom. The summed E-state index contributed by atoms with van der Waals surface area (Å²) in [6.07, 6.45) is 2.58. The lowest BCUT2D eigenvalue weighted by Gasteiger charge is -2.17. The predicted octanol–water partition coefficient (Wildman–Crippen LogP) is 4.11. The van der Waals surface area contributed by atoms with E-state index in [1.54, 1.807) is 0 Å². The zero-order chi connectivity index (χ0) is 12.5. The van der Waals surface area contributed by atoms with Crippen LogP contribution in [-0.4, -0.2) is 12.6 Å². The van der Waals surface area contributed by atoms with Gasteiger partial charge in [0.15, 0.2) is 0 Å². The second kappa shape index (κ2) is 5.11. The first-order chi connectivity index (χ1) is 8.08. The van der Waals surface area contributed by atoms with E-state index in [1.807, 2.05) is 0 Å². The van der Waals surface area contributed by atoms with Gasteiger partial charge >= 0.3 is 0 Å². The lowest BCUT2D eigenvalue weighted by Crippen LogP contribution is -2.27. The molecule has 2 unspecified atom stereocenters. The Kier molecular flexibility index (Phi) is 3.94. The molecule has 0 spiro atoms. The Labute approximate surface area is 113 Å². The van der Waals surface area contributed by atoms with Crippen LogP contribution in [0, 0.1) is 5.92 Å². The molecule has 0 aliphatic heterocycles. The van der Waals surface area contributed by atoms with Gasteiger partial charge in [0.05, 0.1) is 0 Å². The van der Waals surface area contributed by atoms with Crippen molar-refractivity contribution in [2.75, 3.05) is 6.54 Å². The highest BCUT2D eigenvalue weighted by Crippen LogP contribution is 2.56. The molecule has 0 amide bonds. The summed E-state index contributed by atoms with van der Waals surface area (Å²) >= 11 is 3.58.